The summed E-state index contributed by atoms with van der Waals surface area (Å²) in [4.78, 5) is 10.9. The summed E-state index contributed by atoms with van der Waals surface area (Å²) in [6.07, 6.45) is 0. The van der Waals surface area contributed by atoms with Gasteiger partial charge in [-0.2, -0.15) is 0 Å². The molecule has 1 heterocycles. The standard InChI is InChI=1S/C24H23NO5/c1-24(2)23(15-7-5-4-6-8-15)22(16-9-12-20(26)19(13-16)25(27)28)18-11-10-17(29-3)14-21(18)30-24/h4-14,22-23,26H,1-3H3. The summed E-state index contributed by atoms with van der Waals surface area (Å²) in [6, 6.07) is 20.3. The Morgan fingerprint density at radius 3 is 2.43 bits per heavy atom. The maximum absolute atomic E-state index is 11.5. The second-order valence-electron chi connectivity index (χ2n) is 7.98. The molecule has 4 rings (SSSR count). The maximum Gasteiger partial charge on any atom is 0.310 e. The third-order valence-corrected chi connectivity index (χ3v) is 5.73. The smallest absolute Gasteiger partial charge is 0.310 e. The molecule has 6 nitrogen and oxygen atoms in total. The van der Waals surface area contributed by atoms with E-state index in [-0.39, 0.29) is 23.3 Å². The van der Waals surface area contributed by atoms with Crippen LogP contribution in [0.15, 0.2) is 66.7 Å². The molecule has 0 radical (unpaired) electrons. The number of rotatable bonds is 4. The van der Waals surface area contributed by atoms with Gasteiger partial charge in [0.2, 0.25) is 0 Å². The molecule has 2 unspecified atom stereocenters. The maximum atomic E-state index is 11.5. The number of hydrogen-bond acceptors (Lipinski definition) is 5. The molecule has 0 saturated carbocycles. The van der Waals surface area contributed by atoms with Crippen molar-refractivity contribution in [2.24, 2.45) is 0 Å². The molecular weight excluding hydrogens is 382 g/mol. The van der Waals surface area contributed by atoms with Crippen molar-refractivity contribution in [3.8, 4) is 17.2 Å². The van der Waals surface area contributed by atoms with Crippen LogP contribution in [0.3, 0.4) is 0 Å². The fourth-order valence-electron chi connectivity index (χ4n) is 4.42. The number of aromatic hydroxyl groups is 1. The number of nitro groups is 1. The van der Waals surface area contributed by atoms with E-state index in [2.05, 4.69) is 0 Å². The molecule has 0 fully saturated rings. The molecule has 1 aliphatic heterocycles. The van der Waals surface area contributed by atoms with Crippen molar-refractivity contribution in [2.45, 2.75) is 31.3 Å². The van der Waals surface area contributed by atoms with Gasteiger partial charge in [-0.1, -0.05) is 42.5 Å². The highest BCUT2D eigenvalue weighted by Gasteiger charge is 2.45. The number of fused-ring (bicyclic) bond motifs is 1. The van der Waals surface area contributed by atoms with Crippen molar-refractivity contribution in [3.63, 3.8) is 0 Å². The van der Waals surface area contributed by atoms with Crippen LogP contribution < -0.4 is 9.47 Å². The van der Waals surface area contributed by atoms with Crippen molar-refractivity contribution >= 4 is 5.69 Å². The highest BCUT2D eigenvalue weighted by atomic mass is 16.6. The van der Waals surface area contributed by atoms with E-state index in [4.69, 9.17) is 9.47 Å². The molecule has 2 atom stereocenters. The van der Waals surface area contributed by atoms with Crippen LogP contribution in [0.2, 0.25) is 0 Å². The van der Waals surface area contributed by atoms with E-state index < -0.39 is 10.5 Å². The SMILES string of the molecule is COc1ccc2c(c1)OC(C)(C)C(c1ccccc1)C2c1ccc(O)c([N+](=O)[O-])c1. The van der Waals surface area contributed by atoms with E-state index in [1.165, 1.54) is 12.1 Å². The molecule has 0 aliphatic carbocycles. The van der Waals surface area contributed by atoms with Gasteiger partial charge >= 0.3 is 5.69 Å². The fourth-order valence-corrected chi connectivity index (χ4v) is 4.42. The average Bonchev–Trinajstić information content (AvgIpc) is 2.72. The zero-order chi connectivity index (χ0) is 21.5. The quantitative estimate of drug-likeness (QED) is 0.464. The third kappa shape index (κ3) is 3.34. The van der Waals surface area contributed by atoms with Crippen molar-refractivity contribution in [2.75, 3.05) is 7.11 Å². The van der Waals surface area contributed by atoms with Crippen LogP contribution in [0.1, 0.15) is 42.4 Å². The number of benzene rings is 3. The van der Waals surface area contributed by atoms with Crippen LogP contribution in [0, 0.1) is 10.1 Å². The van der Waals surface area contributed by atoms with E-state index in [1.54, 1.807) is 13.2 Å². The Balaban J connectivity index is 1.97. The van der Waals surface area contributed by atoms with Crippen LogP contribution >= 0.6 is 0 Å². The summed E-state index contributed by atoms with van der Waals surface area (Å²) >= 11 is 0. The summed E-state index contributed by atoms with van der Waals surface area (Å²) in [5.74, 6) is 0.701. The van der Waals surface area contributed by atoms with Gasteiger partial charge in [0.1, 0.15) is 17.1 Å². The normalized spacial score (nSPS) is 19.4. The van der Waals surface area contributed by atoms with Gasteiger partial charge in [-0.25, -0.2) is 0 Å². The molecule has 154 valence electrons. The lowest BCUT2D eigenvalue weighted by atomic mass is 9.68. The van der Waals surface area contributed by atoms with E-state index in [9.17, 15) is 15.2 Å². The topological polar surface area (TPSA) is 81.8 Å². The first-order valence-electron chi connectivity index (χ1n) is 9.71. The van der Waals surface area contributed by atoms with Gasteiger partial charge in [0.25, 0.3) is 0 Å². The molecular formula is C24H23NO5. The highest BCUT2D eigenvalue weighted by molar-refractivity contribution is 5.56. The minimum atomic E-state index is -0.599. The summed E-state index contributed by atoms with van der Waals surface area (Å²) in [7, 11) is 1.60. The van der Waals surface area contributed by atoms with Crippen molar-refractivity contribution in [3.05, 3.63) is 93.5 Å². The molecule has 0 bridgehead atoms. The Morgan fingerprint density at radius 1 is 1.03 bits per heavy atom. The molecule has 1 N–H and O–H groups in total. The highest BCUT2D eigenvalue weighted by Crippen LogP contribution is 2.54. The lowest BCUT2D eigenvalue weighted by Gasteiger charge is -2.45. The number of nitro benzene ring substituents is 1. The fraction of sp³-hybridized carbons (Fsp3) is 0.250. The van der Waals surface area contributed by atoms with Crippen LogP contribution in [0.5, 0.6) is 17.2 Å². The van der Waals surface area contributed by atoms with Crippen molar-refractivity contribution in [1.82, 2.24) is 0 Å². The van der Waals surface area contributed by atoms with Gasteiger partial charge in [-0.15, -0.1) is 0 Å². The van der Waals surface area contributed by atoms with Crippen molar-refractivity contribution in [1.29, 1.82) is 0 Å². The molecule has 0 saturated heterocycles. The minimum Gasteiger partial charge on any atom is -0.502 e. The number of phenols is 1. The van der Waals surface area contributed by atoms with Gasteiger partial charge in [0.15, 0.2) is 5.75 Å². The second kappa shape index (κ2) is 7.37. The largest absolute Gasteiger partial charge is 0.502 e. The summed E-state index contributed by atoms with van der Waals surface area (Å²) in [6.45, 7) is 4.05. The Labute approximate surface area is 174 Å². The predicted octanol–water partition coefficient (Wildman–Crippen LogP) is 5.40. The summed E-state index contributed by atoms with van der Waals surface area (Å²) in [5.41, 5.74) is 1.83. The van der Waals surface area contributed by atoms with E-state index in [0.29, 0.717) is 11.5 Å². The summed E-state index contributed by atoms with van der Waals surface area (Å²) in [5, 5.41) is 21.4. The molecule has 3 aromatic carbocycles. The molecule has 0 amide bonds. The molecule has 1 aliphatic rings. The predicted molar refractivity (Wildman–Crippen MR) is 113 cm³/mol. The van der Waals surface area contributed by atoms with Gasteiger partial charge in [-0.05, 0) is 37.1 Å². The molecule has 30 heavy (non-hydrogen) atoms. The monoisotopic (exact) mass is 405 g/mol. The average molecular weight is 405 g/mol. The van der Waals surface area contributed by atoms with E-state index >= 15 is 0 Å². The van der Waals surface area contributed by atoms with Crippen LogP contribution in [-0.4, -0.2) is 22.7 Å². The van der Waals surface area contributed by atoms with Crippen LogP contribution in [0.25, 0.3) is 0 Å². The van der Waals surface area contributed by atoms with Crippen LogP contribution in [-0.2, 0) is 0 Å². The lowest BCUT2D eigenvalue weighted by Crippen LogP contribution is -2.43. The number of phenolic OH excluding ortho intramolecular Hbond substituents is 1. The third-order valence-electron chi connectivity index (χ3n) is 5.73. The zero-order valence-corrected chi connectivity index (χ0v) is 17.0. The Morgan fingerprint density at radius 2 is 1.77 bits per heavy atom. The van der Waals surface area contributed by atoms with E-state index in [1.807, 2.05) is 62.4 Å². The Kier molecular flexibility index (Phi) is 4.86. The Bertz CT molecular complexity index is 1090. The zero-order valence-electron chi connectivity index (χ0n) is 17.0. The molecule has 0 spiro atoms. The van der Waals surface area contributed by atoms with Gasteiger partial charge in [0, 0.05) is 29.5 Å². The minimum absolute atomic E-state index is 0.108. The second-order valence-corrected chi connectivity index (χ2v) is 7.98. The van der Waals surface area contributed by atoms with Gasteiger partial charge < -0.3 is 14.6 Å². The number of ether oxygens (including phenoxy) is 2. The number of methoxy groups -OCH3 is 1. The lowest BCUT2D eigenvalue weighted by molar-refractivity contribution is -0.385. The van der Waals surface area contributed by atoms with Crippen molar-refractivity contribution < 1.29 is 19.5 Å². The first-order valence-corrected chi connectivity index (χ1v) is 9.71. The first kappa shape index (κ1) is 19.8. The Hall–Kier alpha value is -3.54. The van der Waals surface area contributed by atoms with E-state index in [0.717, 1.165) is 16.7 Å². The molecule has 3 aromatic rings. The number of hydrogen-bond donors (Lipinski definition) is 1. The van der Waals surface area contributed by atoms with Crippen LogP contribution in [0.4, 0.5) is 5.69 Å². The van der Waals surface area contributed by atoms with Gasteiger partial charge in [0.05, 0.1) is 12.0 Å². The molecule has 0 aromatic heterocycles. The summed E-state index contributed by atoms with van der Waals surface area (Å²) < 4.78 is 11.8. The number of nitrogens with zero attached hydrogens (tertiary/aromatic N) is 1. The van der Waals surface area contributed by atoms with Gasteiger partial charge in [-0.3, -0.25) is 10.1 Å². The molecule has 6 heteroatoms. The first-order chi connectivity index (χ1) is 14.3.